The third-order valence-corrected chi connectivity index (χ3v) is 0.512. The van der Waals surface area contributed by atoms with Crippen LogP contribution in [-0.2, 0) is 9.59 Å². The van der Waals surface area contributed by atoms with Gasteiger partial charge in [0.15, 0.2) is 0 Å². The fraction of sp³-hybridized carbons (Fsp3) is 0.200. The molecule has 0 aromatic rings. The van der Waals surface area contributed by atoms with Crippen LogP contribution < -0.4 is 0 Å². The largest absolute Gasteiger partial charge is 0.282 e. The van der Waals surface area contributed by atoms with E-state index in [1.165, 1.54) is 6.92 Å². The molecule has 0 aliphatic carbocycles. The monoisotopic (exact) mass is 111 g/mol. The van der Waals surface area contributed by atoms with Crippen LogP contribution in [0.25, 0.3) is 0 Å². The molecular formula is C5H5NO2. The fourth-order valence-corrected chi connectivity index (χ4v) is 0.137. The maximum atomic E-state index is 10.2. The summed E-state index contributed by atoms with van der Waals surface area (Å²) in [7, 11) is 0. The molecule has 0 N–H and O–H groups in total. The molecular weight excluding hydrogens is 106 g/mol. The van der Waals surface area contributed by atoms with Gasteiger partial charge in [-0.25, -0.2) is 4.79 Å². The van der Waals surface area contributed by atoms with Crippen LogP contribution in [-0.4, -0.2) is 12.0 Å². The SMILES string of the molecule is C=C(C)C(=O)N=C=O. The van der Waals surface area contributed by atoms with E-state index in [1.807, 2.05) is 0 Å². The van der Waals surface area contributed by atoms with Crippen molar-refractivity contribution in [3.8, 4) is 0 Å². The zero-order valence-electron chi connectivity index (χ0n) is 4.47. The lowest BCUT2D eigenvalue weighted by Crippen LogP contribution is -1.90. The highest BCUT2D eigenvalue weighted by molar-refractivity contribution is 5.95. The average molecular weight is 111 g/mol. The van der Waals surface area contributed by atoms with Gasteiger partial charge in [-0.05, 0) is 6.92 Å². The number of isocyanates is 1. The van der Waals surface area contributed by atoms with Gasteiger partial charge in [0.05, 0.1) is 0 Å². The molecule has 0 aromatic carbocycles. The van der Waals surface area contributed by atoms with Gasteiger partial charge in [0.2, 0.25) is 6.08 Å². The first-order chi connectivity index (χ1) is 3.68. The van der Waals surface area contributed by atoms with Crippen molar-refractivity contribution in [2.75, 3.05) is 0 Å². The molecule has 0 aromatic heterocycles. The van der Waals surface area contributed by atoms with Crippen LogP contribution in [0.15, 0.2) is 17.1 Å². The molecule has 42 valence electrons. The molecule has 3 nitrogen and oxygen atoms in total. The van der Waals surface area contributed by atoms with Crippen molar-refractivity contribution in [2.24, 2.45) is 4.99 Å². The van der Waals surface area contributed by atoms with Gasteiger partial charge in [-0.15, -0.1) is 4.99 Å². The lowest BCUT2D eigenvalue weighted by atomic mass is 10.3. The molecule has 0 saturated heterocycles. The molecule has 0 rings (SSSR count). The van der Waals surface area contributed by atoms with E-state index in [4.69, 9.17) is 0 Å². The minimum atomic E-state index is -0.611. The highest BCUT2D eigenvalue weighted by Gasteiger charge is 1.94. The van der Waals surface area contributed by atoms with Crippen molar-refractivity contribution in [3.05, 3.63) is 12.2 Å². The molecule has 0 radical (unpaired) electrons. The minimum Gasteiger partial charge on any atom is -0.266 e. The summed E-state index contributed by atoms with van der Waals surface area (Å²) in [5.41, 5.74) is 0.244. The third kappa shape index (κ3) is 2.05. The Morgan fingerprint density at radius 1 is 1.75 bits per heavy atom. The first kappa shape index (κ1) is 6.79. The summed E-state index contributed by atoms with van der Waals surface area (Å²) in [6.07, 6.45) is 1.11. The van der Waals surface area contributed by atoms with Crippen molar-refractivity contribution in [2.45, 2.75) is 6.92 Å². The van der Waals surface area contributed by atoms with Gasteiger partial charge in [0.1, 0.15) is 0 Å². The van der Waals surface area contributed by atoms with Crippen LogP contribution in [0.4, 0.5) is 0 Å². The fourth-order valence-electron chi connectivity index (χ4n) is 0.137. The molecule has 0 atom stereocenters. The second kappa shape index (κ2) is 2.88. The summed E-state index contributed by atoms with van der Waals surface area (Å²) in [4.78, 5) is 22.4. The lowest BCUT2D eigenvalue weighted by Gasteiger charge is -1.80. The molecule has 0 spiro atoms. The quantitative estimate of drug-likeness (QED) is 0.280. The molecule has 0 heterocycles. The second-order valence-electron chi connectivity index (χ2n) is 1.29. The Labute approximate surface area is 46.7 Å². The number of amides is 1. The molecule has 0 aliphatic heterocycles. The van der Waals surface area contributed by atoms with E-state index in [0.29, 0.717) is 0 Å². The zero-order chi connectivity index (χ0) is 6.57. The number of aliphatic imine (C=N–C) groups is 1. The predicted molar refractivity (Wildman–Crippen MR) is 27.9 cm³/mol. The van der Waals surface area contributed by atoms with E-state index in [1.54, 1.807) is 0 Å². The van der Waals surface area contributed by atoms with Crippen molar-refractivity contribution in [1.82, 2.24) is 0 Å². The Morgan fingerprint density at radius 2 is 2.25 bits per heavy atom. The Kier molecular flexibility index (Phi) is 2.45. The van der Waals surface area contributed by atoms with Gasteiger partial charge < -0.3 is 0 Å². The number of carbonyl (C=O) groups is 1. The first-order valence-corrected chi connectivity index (χ1v) is 1.96. The lowest BCUT2D eigenvalue weighted by molar-refractivity contribution is -0.114. The van der Waals surface area contributed by atoms with Gasteiger partial charge >= 0.3 is 0 Å². The minimum absolute atomic E-state index is 0.244. The molecule has 8 heavy (non-hydrogen) atoms. The Morgan fingerprint density at radius 3 is 2.38 bits per heavy atom. The molecule has 0 saturated carbocycles. The number of nitrogens with zero attached hydrogens (tertiary/aromatic N) is 1. The van der Waals surface area contributed by atoms with Gasteiger partial charge in [0.25, 0.3) is 5.91 Å². The summed E-state index contributed by atoms with van der Waals surface area (Å²) < 4.78 is 0. The number of rotatable bonds is 1. The molecule has 0 bridgehead atoms. The van der Waals surface area contributed by atoms with Crippen molar-refractivity contribution >= 4 is 12.0 Å². The first-order valence-electron chi connectivity index (χ1n) is 1.96. The number of carbonyl (C=O) groups excluding carboxylic acids is 2. The zero-order valence-corrected chi connectivity index (χ0v) is 4.47. The average Bonchev–Trinajstić information content (AvgIpc) is 1.67. The van der Waals surface area contributed by atoms with Gasteiger partial charge in [-0.1, -0.05) is 6.58 Å². The molecule has 3 heteroatoms. The summed E-state index contributed by atoms with van der Waals surface area (Å²) in [5, 5.41) is 0. The normalized spacial score (nSPS) is 7.12. The molecule has 1 amide bonds. The van der Waals surface area contributed by atoms with Gasteiger partial charge in [-0.2, -0.15) is 0 Å². The topological polar surface area (TPSA) is 46.5 Å². The Balaban J connectivity index is 4.05. The number of hydrogen-bond acceptors (Lipinski definition) is 2. The van der Waals surface area contributed by atoms with Crippen LogP contribution >= 0.6 is 0 Å². The molecule has 0 unspecified atom stereocenters. The van der Waals surface area contributed by atoms with Crippen molar-refractivity contribution in [3.63, 3.8) is 0 Å². The van der Waals surface area contributed by atoms with E-state index in [-0.39, 0.29) is 5.57 Å². The van der Waals surface area contributed by atoms with Crippen LogP contribution in [0.2, 0.25) is 0 Å². The van der Waals surface area contributed by atoms with Crippen LogP contribution in [0, 0.1) is 0 Å². The highest BCUT2D eigenvalue weighted by atomic mass is 16.2. The summed E-state index contributed by atoms with van der Waals surface area (Å²) in [5.74, 6) is -0.611. The van der Waals surface area contributed by atoms with Crippen molar-refractivity contribution in [1.29, 1.82) is 0 Å². The van der Waals surface area contributed by atoms with E-state index in [9.17, 15) is 9.59 Å². The number of hydrogen-bond donors (Lipinski definition) is 0. The molecule has 0 aliphatic rings. The smallest absolute Gasteiger partial charge is 0.266 e. The third-order valence-electron chi connectivity index (χ3n) is 0.512. The van der Waals surface area contributed by atoms with Crippen LogP contribution in [0.3, 0.4) is 0 Å². The molecule has 0 fully saturated rings. The van der Waals surface area contributed by atoms with E-state index in [2.05, 4.69) is 11.6 Å². The van der Waals surface area contributed by atoms with E-state index >= 15 is 0 Å². The van der Waals surface area contributed by atoms with E-state index < -0.39 is 5.91 Å². The summed E-state index contributed by atoms with van der Waals surface area (Å²) in [6, 6.07) is 0. The Hall–Kier alpha value is -1.21. The Bertz CT molecular complexity index is 161. The van der Waals surface area contributed by atoms with Crippen LogP contribution in [0.1, 0.15) is 6.92 Å². The standard InChI is InChI=1S/C5H5NO2/c1-4(2)5(8)6-3-7/h1H2,2H3. The van der Waals surface area contributed by atoms with Gasteiger partial charge in [-0.3, -0.25) is 4.79 Å². The van der Waals surface area contributed by atoms with Crippen LogP contribution in [0.5, 0.6) is 0 Å². The van der Waals surface area contributed by atoms with Gasteiger partial charge in [0, 0.05) is 5.57 Å². The second-order valence-corrected chi connectivity index (χ2v) is 1.29. The highest BCUT2D eigenvalue weighted by Crippen LogP contribution is 1.87. The van der Waals surface area contributed by atoms with E-state index in [0.717, 1.165) is 6.08 Å². The van der Waals surface area contributed by atoms with Crippen molar-refractivity contribution < 1.29 is 9.59 Å². The maximum absolute atomic E-state index is 10.2. The summed E-state index contributed by atoms with van der Waals surface area (Å²) >= 11 is 0. The maximum Gasteiger partial charge on any atom is 0.282 e. The summed E-state index contributed by atoms with van der Waals surface area (Å²) in [6.45, 7) is 4.73. The predicted octanol–water partition coefficient (Wildman–Crippen LogP) is 0.425.